The standard InChI is InChI=1S/C5H11O8P/c6-1-4(13-14(9,10)11)3-12-5(8)2-7/h4,6-7H,1-3H2,(H2,9,10,11). The number of hydrogen-bond donors (Lipinski definition) is 4. The van der Waals surface area contributed by atoms with E-state index in [0.29, 0.717) is 0 Å². The van der Waals surface area contributed by atoms with Gasteiger partial charge in [-0.3, -0.25) is 4.52 Å². The number of rotatable bonds is 6. The predicted octanol–water partition coefficient (Wildman–Crippen LogP) is -2.01. The highest BCUT2D eigenvalue weighted by atomic mass is 31.2. The Hall–Kier alpha value is -0.500. The molecule has 0 aliphatic heterocycles. The molecule has 0 bridgehead atoms. The Labute approximate surface area is 79.3 Å². The monoisotopic (exact) mass is 230 g/mol. The van der Waals surface area contributed by atoms with Gasteiger partial charge in [-0.05, 0) is 0 Å². The van der Waals surface area contributed by atoms with Gasteiger partial charge in [-0.2, -0.15) is 0 Å². The van der Waals surface area contributed by atoms with Gasteiger partial charge in [-0.1, -0.05) is 0 Å². The number of phosphoric acid groups is 1. The van der Waals surface area contributed by atoms with Gasteiger partial charge >= 0.3 is 13.8 Å². The van der Waals surface area contributed by atoms with E-state index >= 15 is 0 Å². The van der Waals surface area contributed by atoms with E-state index < -0.39 is 39.7 Å². The third-order valence-electron chi connectivity index (χ3n) is 1.05. The molecule has 0 amide bonds. The quantitative estimate of drug-likeness (QED) is 0.304. The molecule has 0 aromatic rings. The van der Waals surface area contributed by atoms with Crippen LogP contribution in [0.5, 0.6) is 0 Å². The number of hydrogen-bond acceptors (Lipinski definition) is 6. The predicted molar refractivity (Wildman–Crippen MR) is 42.0 cm³/mol. The van der Waals surface area contributed by atoms with E-state index in [9.17, 15) is 9.36 Å². The minimum absolute atomic E-state index is 0.541. The van der Waals surface area contributed by atoms with Crippen molar-refractivity contribution >= 4 is 13.8 Å². The van der Waals surface area contributed by atoms with Crippen molar-refractivity contribution in [3.63, 3.8) is 0 Å². The molecule has 0 aromatic carbocycles. The summed E-state index contributed by atoms with van der Waals surface area (Å²) in [6.45, 7) is -2.11. The summed E-state index contributed by atoms with van der Waals surface area (Å²) in [5.74, 6) is -0.974. The Morgan fingerprint density at radius 1 is 1.36 bits per heavy atom. The molecule has 0 saturated heterocycles. The van der Waals surface area contributed by atoms with Crippen LogP contribution in [0.3, 0.4) is 0 Å². The molecule has 0 spiro atoms. The maximum absolute atomic E-state index is 10.4. The normalized spacial score (nSPS) is 13.7. The van der Waals surface area contributed by atoms with Gasteiger partial charge in [-0.15, -0.1) is 0 Å². The molecule has 0 fully saturated rings. The van der Waals surface area contributed by atoms with Crippen LogP contribution >= 0.6 is 7.82 Å². The molecule has 0 saturated carbocycles. The molecule has 0 aliphatic carbocycles. The molecule has 0 aliphatic rings. The lowest BCUT2D eigenvalue weighted by Crippen LogP contribution is -2.25. The Balaban J connectivity index is 3.92. The smallest absolute Gasteiger partial charge is 0.461 e. The first-order chi connectivity index (χ1) is 6.39. The number of aliphatic hydroxyl groups excluding tert-OH is 2. The van der Waals surface area contributed by atoms with Gasteiger partial charge in [0.1, 0.15) is 19.3 Å². The van der Waals surface area contributed by atoms with Crippen molar-refractivity contribution in [3.8, 4) is 0 Å². The lowest BCUT2D eigenvalue weighted by molar-refractivity contribution is -0.150. The average Bonchev–Trinajstić information content (AvgIpc) is 2.09. The average molecular weight is 230 g/mol. The first-order valence-electron chi connectivity index (χ1n) is 3.50. The molecular formula is C5H11O8P. The SMILES string of the molecule is O=C(CO)OCC(CO)OP(=O)(O)O. The summed E-state index contributed by atoms with van der Waals surface area (Å²) >= 11 is 0. The van der Waals surface area contributed by atoms with Gasteiger partial charge in [0.25, 0.3) is 0 Å². The third-order valence-corrected chi connectivity index (χ3v) is 1.62. The number of aliphatic hydroxyl groups is 2. The van der Waals surface area contributed by atoms with Crippen LogP contribution in [0.4, 0.5) is 0 Å². The van der Waals surface area contributed by atoms with Crippen LogP contribution < -0.4 is 0 Å². The minimum atomic E-state index is -4.72. The molecule has 0 rings (SSSR count). The van der Waals surface area contributed by atoms with E-state index in [-0.39, 0.29) is 0 Å². The molecule has 1 atom stereocenters. The van der Waals surface area contributed by atoms with Gasteiger partial charge in [0.05, 0.1) is 6.61 Å². The number of ether oxygens (including phenoxy) is 1. The maximum atomic E-state index is 10.4. The van der Waals surface area contributed by atoms with Crippen LogP contribution in [0, 0.1) is 0 Å². The van der Waals surface area contributed by atoms with E-state index in [1.54, 1.807) is 0 Å². The van der Waals surface area contributed by atoms with Crippen LogP contribution in [0.15, 0.2) is 0 Å². The highest BCUT2D eigenvalue weighted by molar-refractivity contribution is 7.46. The van der Waals surface area contributed by atoms with Crippen LogP contribution in [-0.2, 0) is 18.6 Å². The fourth-order valence-corrected chi connectivity index (χ4v) is 1.06. The molecule has 4 N–H and O–H groups in total. The molecule has 9 heteroatoms. The highest BCUT2D eigenvalue weighted by Gasteiger charge is 2.22. The second-order valence-electron chi connectivity index (χ2n) is 2.24. The van der Waals surface area contributed by atoms with Crippen LogP contribution in [0.1, 0.15) is 0 Å². The summed E-state index contributed by atoms with van der Waals surface area (Å²) in [4.78, 5) is 27.1. The Morgan fingerprint density at radius 2 is 1.93 bits per heavy atom. The van der Waals surface area contributed by atoms with E-state index in [0.717, 1.165) is 0 Å². The number of phosphoric ester groups is 1. The molecule has 0 radical (unpaired) electrons. The highest BCUT2D eigenvalue weighted by Crippen LogP contribution is 2.37. The maximum Gasteiger partial charge on any atom is 0.470 e. The zero-order valence-electron chi connectivity index (χ0n) is 7.07. The van der Waals surface area contributed by atoms with Gasteiger partial charge < -0.3 is 24.7 Å². The van der Waals surface area contributed by atoms with Crippen LogP contribution in [0.2, 0.25) is 0 Å². The van der Waals surface area contributed by atoms with Crippen molar-refractivity contribution in [2.45, 2.75) is 6.10 Å². The van der Waals surface area contributed by atoms with Gasteiger partial charge in [0.15, 0.2) is 0 Å². The van der Waals surface area contributed by atoms with Crippen molar-refractivity contribution in [2.24, 2.45) is 0 Å². The van der Waals surface area contributed by atoms with Gasteiger partial charge in [-0.25, -0.2) is 9.36 Å². The fourth-order valence-electron chi connectivity index (χ4n) is 0.542. The molecule has 84 valence electrons. The summed E-state index contributed by atoms with van der Waals surface area (Å²) in [6, 6.07) is 0. The summed E-state index contributed by atoms with van der Waals surface area (Å²) in [7, 11) is -4.72. The Bertz CT molecular complexity index is 222. The van der Waals surface area contributed by atoms with E-state index in [1.165, 1.54) is 0 Å². The van der Waals surface area contributed by atoms with Gasteiger partial charge in [0.2, 0.25) is 0 Å². The third kappa shape index (κ3) is 6.96. The molecule has 0 aromatic heterocycles. The number of esters is 1. The van der Waals surface area contributed by atoms with Crippen molar-refractivity contribution in [1.82, 2.24) is 0 Å². The first-order valence-corrected chi connectivity index (χ1v) is 5.03. The summed E-state index contributed by atoms with van der Waals surface area (Å²) in [5, 5.41) is 16.8. The van der Waals surface area contributed by atoms with Crippen molar-refractivity contribution < 1.29 is 38.6 Å². The molecule has 1 unspecified atom stereocenters. The molecule has 8 nitrogen and oxygen atoms in total. The second-order valence-corrected chi connectivity index (χ2v) is 3.43. The second kappa shape index (κ2) is 6.07. The fraction of sp³-hybridized carbons (Fsp3) is 0.800. The zero-order chi connectivity index (χ0) is 11.2. The largest absolute Gasteiger partial charge is 0.470 e. The zero-order valence-corrected chi connectivity index (χ0v) is 7.96. The van der Waals surface area contributed by atoms with Gasteiger partial charge in [0, 0.05) is 0 Å². The number of carbonyl (C=O) groups is 1. The van der Waals surface area contributed by atoms with Crippen molar-refractivity contribution in [1.29, 1.82) is 0 Å². The topological polar surface area (TPSA) is 134 Å². The van der Waals surface area contributed by atoms with E-state index in [2.05, 4.69) is 9.26 Å². The first kappa shape index (κ1) is 13.5. The van der Waals surface area contributed by atoms with Crippen molar-refractivity contribution in [2.75, 3.05) is 19.8 Å². The Kier molecular flexibility index (Phi) is 5.86. The summed E-state index contributed by atoms with van der Waals surface area (Å²) < 4.78 is 18.6. The van der Waals surface area contributed by atoms with E-state index in [1.807, 2.05) is 0 Å². The Morgan fingerprint density at radius 3 is 2.29 bits per heavy atom. The van der Waals surface area contributed by atoms with Crippen molar-refractivity contribution in [3.05, 3.63) is 0 Å². The summed E-state index contributed by atoms with van der Waals surface area (Å²) in [5.41, 5.74) is 0. The van der Waals surface area contributed by atoms with Crippen LogP contribution in [0.25, 0.3) is 0 Å². The minimum Gasteiger partial charge on any atom is -0.461 e. The van der Waals surface area contributed by atoms with E-state index in [4.69, 9.17) is 20.0 Å². The molecule has 0 heterocycles. The molecule has 14 heavy (non-hydrogen) atoms. The lowest BCUT2D eigenvalue weighted by atomic mass is 10.4. The molecular weight excluding hydrogens is 219 g/mol. The van der Waals surface area contributed by atoms with Crippen LogP contribution in [-0.4, -0.2) is 51.9 Å². The summed E-state index contributed by atoms with van der Waals surface area (Å²) in [6.07, 6.45) is -1.31. The lowest BCUT2D eigenvalue weighted by Gasteiger charge is -2.15. The number of carbonyl (C=O) groups excluding carboxylic acids is 1.